The third kappa shape index (κ3) is 8.79. The normalized spacial score (nSPS) is 18.5. The van der Waals surface area contributed by atoms with Gasteiger partial charge in [-0.05, 0) is 69.0 Å². The molecule has 0 heterocycles. The molecule has 0 aromatic rings. The topological polar surface area (TPSA) is 18.5 Å². The molecule has 34 heavy (non-hydrogen) atoms. The molecule has 206 valence electrons. The van der Waals surface area contributed by atoms with Crippen molar-refractivity contribution in [3.63, 3.8) is 0 Å². The summed E-state index contributed by atoms with van der Waals surface area (Å²) in [5, 5.41) is 0. The Morgan fingerprint density at radius 3 is 0.735 bits per heavy atom. The molecule has 0 rings (SSSR count). The second kappa shape index (κ2) is 10.7. The minimum absolute atomic E-state index is 0.0435. The third-order valence-corrected chi connectivity index (χ3v) is 11.1. The first-order valence-corrected chi connectivity index (χ1v) is 13.9. The van der Waals surface area contributed by atoms with Crippen LogP contribution in [0.5, 0.6) is 0 Å². The van der Waals surface area contributed by atoms with E-state index in [4.69, 9.17) is 9.78 Å². The molecule has 2 atom stereocenters. The maximum Gasteiger partial charge on any atom is 0.0880 e. The number of hydrogen-bond donors (Lipinski definition) is 0. The zero-order chi connectivity index (χ0) is 27.7. The van der Waals surface area contributed by atoms with Gasteiger partial charge in [0.05, 0.1) is 13.2 Å². The van der Waals surface area contributed by atoms with E-state index in [-0.39, 0.29) is 43.3 Å². The van der Waals surface area contributed by atoms with E-state index in [1.54, 1.807) is 0 Å². The van der Waals surface area contributed by atoms with E-state index >= 15 is 0 Å². The van der Waals surface area contributed by atoms with Crippen LogP contribution in [-0.2, 0) is 9.78 Å². The third-order valence-electron chi connectivity index (χ3n) is 11.1. The molecule has 0 aromatic carbocycles. The van der Waals surface area contributed by atoms with Gasteiger partial charge in [0.15, 0.2) is 0 Å². The van der Waals surface area contributed by atoms with Crippen molar-refractivity contribution in [1.29, 1.82) is 0 Å². The van der Waals surface area contributed by atoms with Crippen LogP contribution >= 0.6 is 0 Å². The fourth-order valence-corrected chi connectivity index (χ4v) is 3.60. The second-order valence-corrected chi connectivity index (χ2v) is 17.4. The summed E-state index contributed by atoms with van der Waals surface area (Å²) in [7, 11) is 0. The summed E-state index contributed by atoms with van der Waals surface area (Å²) >= 11 is 0. The van der Waals surface area contributed by atoms with Crippen LogP contribution in [-0.4, -0.2) is 13.2 Å². The van der Waals surface area contributed by atoms with Gasteiger partial charge in [0.1, 0.15) is 0 Å². The number of hydrogen-bond acceptors (Lipinski definition) is 2. The largest absolute Gasteiger partial charge is 0.236 e. The Morgan fingerprint density at radius 1 is 0.324 bits per heavy atom. The Labute approximate surface area is 216 Å². The SMILES string of the molecule is CC(C)(C)C(C)(C)CCC(C)(COOCC(C)(CCC(C)(C)C(C)(C)C)C(C)(C)C)C(C)(C)C. The minimum Gasteiger partial charge on any atom is -0.236 e. The van der Waals surface area contributed by atoms with Crippen molar-refractivity contribution in [3.8, 4) is 0 Å². The standard InChI is InChI=1S/C32H66O2/c1-25(2,3)29(13,14)19-21-31(17,27(7,8)9)23-33-34-24-32(18,28(10,11)12)22-20-30(15,16)26(4,5)6/h19-24H2,1-18H3. The molecule has 0 aliphatic heterocycles. The Kier molecular flexibility index (Phi) is 10.7. The van der Waals surface area contributed by atoms with Gasteiger partial charge in [0, 0.05) is 0 Å². The van der Waals surface area contributed by atoms with Gasteiger partial charge in [-0.3, -0.25) is 0 Å². The lowest BCUT2D eigenvalue weighted by molar-refractivity contribution is -0.334. The highest BCUT2D eigenvalue weighted by atomic mass is 17.2. The van der Waals surface area contributed by atoms with E-state index < -0.39 is 0 Å². The Balaban J connectivity index is 5.32. The van der Waals surface area contributed by atoms with Gasteiger partial charge in [-0.25, -0.2) is 9.78 Å². The molecular weight excluding hydrogens is 416 g/mol. The summed E-state index contributed by atoms with van der Waals surface area (Å²) in [5.41, 5.74) is 1.44. The van der Waals surface area contributed by atoms with E-state index in [9.17, 15) is 0 Å². The van der Waals surface area contributed by atoms with Crippen LogP contribution in [0.2, 0.25) is 0 Å². The molecule has 0 radical (unpaired) electrons. The molecule has 0 aromatic heterocycles. The molecule has 2 nitrogen and oxygen atoms in total. The zero-order valence-corrected chi connectivity index (χ0v) is 27.1. The van der Waals surface area contributed by atoms with Crippen LogP contribution in [0.1, 0.15) is 150 Å². The van der Waals surface area contributed by atoms with Crippen molar-refractivity contribution in [3.05, 3.63) is 0 Å². The van der Waals surface area contributed by atoms with Gasteiger partial charge >= 0.3 is 0 Å². The quantitative estimate of drug-likeness (QED) is 0.165. The highest BCUT2D eigenvalue weighted by molar-refractivity contribution is 4.92. The van der Waals surface area contributed by atoms with Gasteiger partial charge in [-0.1, -0.05) is 125 Å². The lowest BCUT2D eigenvalue weighted by Gasteiger charge is -2.47. The first-order chi connectivity index (χ1) is 14.6. The molecule has 2 unspecified atom stereocenters. The van der Waals surface area contributed by atoms with E-state index in [0.29, 0.717) is 13.2 Å². The van der Waals surface area contributed by atoms with Crippen LogP contribution in [0.3, 0.4) is 0 Å². The molecule has 0 amide bonds. The fraction of sp³-hybridized carbons (Fsp3) is 1.00. The molecule has 0 aliphatic rings. The van der Waals surface area contributed by atoms with Crippen molar-refractivity contribution < 1.29 is 9.78 Å². The second-order valence-electron chi connectivity index (χ2n) is 17.4. The lowest BCUT2D eigenvalue weighted by atomic mass is 9.60. The van der Waals surface area contributed by atoms with Crippen molar-refractivity contribution in [2.24, 2.45) is 43.3 Å². The molecule has 0 fully saturated rings. The Morgan fingerprint density at radius 2 is 0.559 bits per heavy atom. The summed E-state index contributed by atoms with van der Waals surface area (Å²) < 4.78 is 0. The molecule has 2 heteroatoms. The van der Waals surface area contributed by atoms with Crippen LogP contribution in [0.15, 0.2) is 0 Å². The molecule has 0 spiro atoms. The molecule has 0 saturated carbocycles. The molecule has 0 bridgehead atoms. The summed E-state index contributed by atoms with van der Waals surface area (Å²) in [6.07, 6.45) is 4.60. The first-order valence-electron chi connectivity index (χ1n) is 13.9. The lowest BCUT2D eigenvalue weighted by Crippen LogP contribution is -2.42. The first kappa shape index (κ1) is 33.9. The summed E-state index contributed by atoms with van der Waals surface area (Å²) in [5.74, 6) is 0. The Bertz CT molecular complexity index is 559. The maximum absolute atomic E-state index is 6.07. The fourth-order valence-electron chi connectivity index (χ4n) is 3.60. The van der Waals surface area contributed by atoms with Crippen molar-refractivity contribution >= 4 is 0 Å². The highest BCUT2D eigenvalue weighted by Gasteiger charge is 2.43. The molecule has 0 saturated heterocycles. The summed E-state index contributed by atoms with van der Waals surface area (Å²) in [6.45, 7) is 43.8. The van der Waals surface area contributed by atoms with Gasteiger partial charge in [0.2, 0.25) is 0 Å². The van der Waals surface area contributed by atoms with E-state index in [1.807, 2.05) is 0 Å². The van der Waals surface area contributed by atoms with Gasteiger partial charge in [0.25, 0.3) is 0 Å². The highest BCUT2D eigenvalue weighted by Crippen LogP contribution is 2.50. The molecule has 0 aliphatic carbocycles. The van der Waals surface area contributed by atoms with Crippen LogP contribution < -0.4 is 0 Å². The predicted molar refractivity (Wildman–Crippen MR) is 152 cm³/mol. The molecular formula is C32H66O2. The van der Waals surface area contributed by atoms with Crippen molar-refractivity contribution in [2.45, 2.75) is 150 Å². The van der Waals surface area contributed by atoms with Gasteiger partial charge in [-0.2, -0.15) is 0 Å². The minimum atomic E-state index is 0.0435. The van der Waals surface area contributed by atoms with E-state index in [2.05, 4.69) is 125 Å². The summed E-state index contributed by atoms with van der Waals surface area (Å²) in [6, 6.07) is 0. The number of rotatable bonds is 11. The zero-order valence-electron chi connectivity index (χ0n) is 27.1. The van der Waals surface area contributed by atoms with Crippen LogP contribution in [0, 0.1) is 43.3 Å². The average Bonchev–Trinajstić information content (AvgIpc) is 2.58. The van der Waals surface area contributed by atoms with Crippen LogP contribution in [0.4, 0.5) is 0 Å². The Hall–Kier alpha value is -0.0800. The average molecular weight is 483 g/mol. The predicted octanol–water partition coefficient (Wildman–Crippen LogP) is 10.7. The molecule has 0 N–H and O–H groups in total. The van der Waals surface area contributed by atoms with Crippen LogP contribution in [0.25, 0.3) is 0 Å². The van der Waals surface area contributed by atoms with Gasteiger partial charge in [-0.15, -0.1) is 0 Å². The van der Waals surface area contributed by atoms with Crippen molar-refractivity contribution in [2.75, 3.05) is 13.2 Å². The van der Waals surface area contributed by atoms with E-state index in [1.165, 1.54) is 12.8 Å². The van der Waals surface area contributed by atoms with Gasteiger partial charge < -0.3 is 0 Å². The van der Waals surface area contributed by atoms with E-state index in [0.717, 1.165) is 12.8 Å². The maximum atomic E-state index is 6.07. The van der Waals surface area contributed by atoms with Crippen molar-refractivity contribution in [1.82, 2.24) is 0 Å². The monoisotopic (exact) mass is 483 g/mol. The summed E-state index contributed by atoms with van der Waals surface area (Å²) in [4.78, 5) is 12.1. The smallest absolute Gasteiger partial charge is 0.0880 e.